The van der Waals surface area contributed by atoms with Crippen LogP contribution in [0.15, 0.2) is 30.5 Å². The van der Waals surface area contributed by atoms with E-state index in [-0.39, 0.29) is 42.5 Å². The van der Waals surface area contributed by atoms with Gasteiger partial charge in [-0.3, -0.25) is 14.7 Å². The van der Waals surface area contributed by atoms with Crippen molar-refractivity contribution in [3.63, 3.8) is 0 Å². The zero-order valence-corrected chi connectivity index (χ0v) is 27.4. The third kappa shape index (κ3) is 7.16. The third-order valence-corrected chi connectivity index (χ3v) is 8.47. The van der Waals surface area contributed by atoms with Gasteiger partial charge in [0.05, 0.1) is 18.8 Å². The van der Waals surface area contributed by atoms with Crippen LogP contribution < -0.4 is 4.90 Å². The van der Waals surface area contributed by atoms with Crippen LogP contribution in [0, 0.1) is 25.5 Å². The highest BCUT2D eigenvalue weighted by Gasteiger charge is 2.42. The smallest absolute Gasteiger partial charge is 0.410 e. The molecule has 1 saturated heterocycles. The van der Waals surface area contributed by atoms with Gasteiger partial charge < -0.3 is 14.5 Å². The number of benzene rings is 1. The Morgan fingerprint density at radius 1 is 1.11 bits per heavy atom. The average molecular weight is 624 g/mol. The molecule has 2 aliphatic rings. The highest BCUT2D eigenvalue weighted by atomic mass is 19.1. The Hall–Kier alpha value is -3.93. The van der Waals surface area contributed by atoms with Gasteiger partial charge in [-0.25, -0.2) is 23.2 Å². The van der Waals surface area contributed by atoms with Crippen molar-refractivity contribution in [3.8, 4) is 0 Å². The predicted molar refractivity (Wildman–Crippen MR) is 166 cm³/mol. The fraction of sp³-hybridized carbons (Fsp3) is 0.545. The fourth-order valence-corrected chi connectivity index (χ4v) is 6.22. The van der Waals surface area contributed by atoms with Crippen LogP contribution in [0.3, 0.4) is 0 Å². The standard InChI is InChI=1S/C33H43F2N7O3/c1-20-15-39(26(17-42-22(3)37-21(2)38-42)16-40(20)31(44)45-32(4,5)6)18-30(43)41-19-33(7,8)27-14-36-25(13-29(27)41)11-23-9-10-24(34)12-28(23)35/h9-10,12-14,20,26H,11,15-19H2,1-8H3/t20-,26-/m1/s1. The van der Waals surface area contributed by atoms with Gasteiger partial charge >= 0.3 is 6.09 Å². The number of aromatic nitrogens is 4. The number of nitrogens with zero attached hydrogens (tertiary/aromatic N) is 7. The largest absolute Gasteiger partial charge is 0.444 e. The second kappa shape index (κ2) is 12.1. The molecular formula is C33H43F2N7O3. The molecule has 3 aromatic rings. The van der Waals surface area contributed by atoms with E-state index in [4.69, 9.17) is 4.74 Å². The second-order valence-corrected chi connectivity index (χ2v) is 13.9. The van der Waals surface area contributed by atoms with E-state index in [0.29, 0.717) is 43.3 Å². The van der Waals surface area contributed by atoms with E-state index >= 15 is 0 Å². The first-order valence-electron chi connectivity index (χ1n) is 15.4. The summed E-state index contributed by atoms with van der Waals surface area (Å²) < 4.78 is 35.4. The predicted octanol–water partition coefficient (Wildman–Crippen LogP) is 4.79. The van der Waals surface area contributed by atoms with E-state index in [1.807, 2.05) is 52.3 Å². The number of hydrogen-bond donors (Lipinski definition) is 0. The Kier molecular flexibility index (Phi) is 8.74. The molecule has 0 bridgehead atoms. The maximum atomic E-state index is 14.4. The molecule has 0 radical (unpaired) electrons. The fourth-order valence-electron chi connectivity index (χ4n) is 6.22. The Morgan fingerprint density at radius 2 is 1.84 bits per heavy atom. The Morgan fingerprint density at radius 3 is 2.49 bits per heavy atom. The minimum atomic E-state index is -0.634. The number of ether oxygens (including phenoxy) is 1. The van der Waals surface area contributed by atoms with Gasteiger partial charge in [0, 0.05) is 67.1 Å². The molecule has 2 aromatic heterocycles. The van der Waals surface area contributed by atoms with Crippen molar-refractivity contribution in [2.45, 2.75) is 91.5 Å². The van der Waals surface area contributed by atoms with Crippen molar-refractivity contribution in [2.24, 2.45) is 0 Å². The lowest BCUT2D eigenvalue weighted by Gasteiger charge is -2.45. The minimum Gasteiger partial charge on any atom is -0.444 e. The minimum absolute atomic E-state index is 0.0821. The summed E-state index contributed by atoms with van der Waals surface area (Å²) in [5, 5.41) is 4.54. The number of halogens is 2. The molecule has 4 heterocycles. The molecule has 0 saturated carbocycles. The Labute approximate surface area is 263 Å². The summed E-state index contributed by atoms with van der Waals surface area (Å²) in [5.74, 6) is 0.0685. The summed E-state index contributed by atoms with van der Waals surface area (Å²) in [6, 6.07) is 4.94. The highest BCUT2D eigenvalue weighted by Crippen LogP contribution is 2.41. The van der Waals surface area contributed by atoms with Crippen LogP contribution in [0.1, 0.15) is 70.0 Å². The summed E-state index contributed by atoms with van der Waals surface area (Å²) in [7, 11) is 0. The van der Waals surface area contributed by atoms with Crippen LogP contribution in [0.25, 0.3) is 0 Å². The number of piperazine rings is 1. The molecule has 242 valence electrons. The molecule has 2 aliphatic heterocycles. The maximum Gasteiger partial charge on any atom is 0.410 e. The van der Waals surface area contributed by atoms with Crippen LogP contribution in [0.5, 0.6) is 0 Å². The molecular weight excluding hydrogens is 580 g/mol. The number of fused-ring (bicyclic) bond motifs is 1. The number of rotatable bonds is 6. The van der Waals surface area contributed by atoms with E-state index in [0.717, 1.165) is 23.1 Å². The van der Waals surface area contributed by atoms with Gasteiger partial charge in [0.15, 0.2) is 0 Å². The lowest BCUT2D eigenvalue weighted by Crippen LogP contribution is -2.62. The lowest BCUT2D eigenvalue weighted by atomic mass is 9.88. The van der Waals surface area contributed by atoms with Crippen LogP contribution in [0.2, 0.25) is 0 Å². The van der Waals surface area contributed by atoms with Crippen molar-refractivity contribution in [3.05, 3.63) is 70.6 Å². The van der Waals surface area contributed by atoms with Gasteiger partial charge in [0.2, 0.25) is 5.91 Å². The molecule has 0 unspecified atom stereocenters. The van der Waals surface area contributed by atoms with Crippen molar-refractivity contribution in [1.82, 2.24) is 29.5 Å². The normalized spacial score (nSPS) is 20.0. The van der Waals surface area contributed by atoms with Crippen molar-refractivity contribution < 1.29 is 23.1 Å². The molecule has 45 heavy (non-hydrogen) atoms. The topological polar surface area (TPSA) is 96.7 Å². The van der Waals surface area contributed by atoms with Gasteiger partial charge in [-0.15, -0.1) is 0 Å². The van der Waals surface area contributed by atoms with Gasteiger partial charge in [-0.05, 0) is 59.2 Å². The van der Waals surface area contributed by atoms with Crippen LogP contribution in [0.4, 0.5) is 19.3 Å². The lowest BCUT2D eigenvalue weighted by molar-refractivity contribution is -0.121. The van der Waals surface area contributed by atoms with Crippen LogP contribution >= 0.6 is 0 Å². The SMILES string of the molecule is Cc1nc(C)n(C[C@H]2CN(C(=O)OC(C)(C)C)[C@H](C)CN2CC(=O)N2CC(C)(C)c3cnc(Cc4ccc(F)cc4F)cc32)n1. The first kappa shape index (κ1) is 32.5. The first-order valence-corrected chi connectivity index (χ1v) is 15.4. The molecule has 12 heteroatoms. The van der Waals surface area contributed by atoms with E-state index in [2.05, 4.69) is 33.8 Å². The zero-order valence-electron chi connectivity index (χ0n) is 27.4. The number of carbonyl (C=O) groups excluding carboxylic acids is 2. The van der Waals surface area contributed by atoms with E-state index in [1.54, 1.807) is 16.0 Å². The van der Waals surface area contributed by atoms with E-state index < -0.39 is 17.2 Å². The molecule has 5 rings (SSSR count). The van der Waals surface area contributed by atoms with Crippen LogP contribution in [-0.2, 0) is 27.9 Å². The molecule has 0 aliphatic carbocycles. The molecule has 2 amide bonds. The third-order valence-electron chi connectivity index (χ3n) is 8.47. The zero-order chi connectivity index (χ0) is 32.8. The van der Waals surface area contributed by atoms with Crippen molar-refractivity contribution in [1.29, 1.82) is 0 Å². The van der Waals surface area contributed by atoms with Crippen LogP contribution in [-0.4, -0.2) is 85.4 Å². The van der Waals surface area contributed by atoms with E-state index in [9.17, 15) is 18.4 Å². The molecule has 1 fully saturated rings. The van der Waals surface area contributed by atoms with E-state index in [1.165, 1.54) is 12.1 Å². The maximum absolute atomic E-state index is 14.4. The van der Waals surface area contributed by atoms with Gasteiger partial charge in [0.1, 0.15) is 28.9 Å². The van der Waals surface area contributed by atoms with Gasteiger partial charge in [-0.1, -0.05) is 19.9 Å². The molecule has 0 spiro atoms. The summed E-state index contributed by atoms with van der Waals surface area (Å²) in [4.78, 5) is 41.9. The molecule has 10 nitrogen and oxygen atoms in total. The summed E-state index contributed by atoms with van der Waals surface area (Å²) in [5.41, 5.74) is 1.63. The number of amides is 2. The van der Waals surface area contributed by atoms with Gasteiger partial charge in [0.25, 0.3) is 0 Å². The quantitative estimate of drug-likeness (QED) is 0.390. The number of pyridine rings is 1. The average Bonchev–Trinajstić information content (AvgIpc) is 3.39. The summed E-state index contributed by atoms with van der Waals surface area (Å²) >= 11 is 0. The summed E-state index contributed by atoms with van der Waals surface area (Å²) in [6.07, 6.45) is 1.55. The van der Waals surface area contributed by atoms with Crippen molar-refractivity contribution >= 4 is 17.7 Å². The van der Waals surface area contributed by atoms with Gasteiger partial charge in [-0.2, -0.15) is 5.10 Å². The highest BCUT2D eigenvalue weighted by molar-refractivity contribution is 5.97. The number of carbonyl (C=O) groups is 2. The monoisotopic (exact) mass is 623 g/mol. The Bertz CT molecular complexity index is 1600. The Balaban J connectivity index is 1.39. The molecule has 0 N–H and O–H groups in total. The molecule has 1 aromatic carbocycles. The second-order valence-electron chi connectivity index (χ2n) is 13.9. The first-order chi connectivity index (χ1) is 21.0. The number of aryl methyl sites for hydroxylation is 2. The number of anilines is 1. The number of hydrogen-bond acceptors (Lipinski definition) is 7. The van der Waals surface area contributed by atoms with Crippen molar-refractivity contribution in [2.75, 3.05) is 31.1 Å². The summed E-state index contributed by atoms with van der Waals surface area (Å²) in [6.45, 7) is 17.2. The molecule has 2 atom stereocenters.